The molecule has 0 unspecified atom stereocenters. The zero-order chi connectivity index (χ0) is 45.8. The van der Waals surface area contributed by atoms with E-state index in [0.717, 1.165) is 25.1 Å². The van der Waals surface area contributed by atoms with E-state index in [-0.39, 0.29) is 11.8 Å². The van der Waals surface area contributed by atoms with Crippen molar-refractivity contribution in [3.63, 3.8) is 0 Å². The molecular formula is C26H11Cl2F26NOTi. The number of aryl methyl sites for hydroxylation is 1. The number of para-hydroxylation sites is 1. The molecule has 0 saturated heterocycles. The van der Waals surface area contributed by atoms with Gasteiger partial charge in [0.1, 0.15) is 5.75 Å². The molecule has 326 valence electrons. The van der Waals surface area contributed by atoms with Crippen LogP contribution in [0.2, 0.25) is 0 Å². The second-order valence-electron chi connectivity index (χ2n) is 10.9. The number of aliphatic imine (C=N–C) groups is 1. The van der Waals surface area contributed by atoms with Gasteiger partial charge in [-0.25, -0.2) is 0 Å². The SMILES string of the molecule is Cc1cccc(C=Nc2cc(C(F)(F)C(F)(F)C(F)(F)C(F)(F)C(F)(F)C(F)(F)F)cc(C(F)(F)C(F)(F)C(F)(F)C(F)(F)C(F)(F)C(F)(F)F)c2)c1O.[Cl][Ti][Cl]. The summed E-state index contributed by atoms with van der Waals surface area (Å²) in [5, 5.41) is 9.91. The summed E-state index contributed by atoms with van der Waals surface area (Å²) < 4.78 is 357. The van der Waals surface area contributed by atoms with Gasteiger partial charge in [-0.3, -0.25) is 4.99 Å². The topological polar surface area (TPSA) is 32.6 Å². The summed E-state index contributed by atoms with van der Waals surface area (Å²) in [6, 6.07) is -1.32. The van der Waals surface area contributed by atoms with E-state index < -0.39 is 135 Å². The molecule has 0 aromatic heterocycles. The van der Waals surface area contributed by atoms with Gasteiger partial charge in [-0.15, -0.1) is 0 Å². The van der Waals surface area contributed by atoms with E-state index in [9.17, 15) is 119 Å². The molecule has 57 heavy (non-hydrogen) atoms. The van der Waals surface area contributed by atoms with Crippen molar-refractivity contribution in [3.8, 4) is 5.75 Å². The van der Waals surface area contributed by atoms with Gasteiger partial charge in [0.15, 0.2) is 0 Å². The van der Waals surface area contributed by atoms with Crippen LogP contribution in [0.1, 0.15) is 22.3 Å². The Labute approximate surface area is 314 Å². The molecule has 2 aromatic rings. The molecule has 0 bridgehead atoms. The number of alkyl halides is 26. The molecule has 0 fully saturated rings. The van der Waals surface area contributed by atoms with E-state index in [1.54, 1.807) is 0 Å². The van der Waals surface area contributed by atoms with Crippen LogP contribution in [0, 0.1) is 6.92 Å². The molecule has 0 aliphatic rings. The maximum atomic E-state index is 15.0. The summed E-state index contributed by atoms with van der Waals surface area (Å²) in [6.07, 6.45) is -15.9. The summed E-state index contributed by atoms with van der Waals surface area (Å²) >= 11 is -0.556. The van der Waals surface area contributed by atoms with Crippen LogP contribution in [-0.2, 0) is 28.9 Å². The molecule has 0 amide bonds. The Balaban J connectivity index is 0.00000524. The van der Waals surface area contributed by atoms with Gasteiger partial charge in [-0.2, -0.15) is 114 Å². The number of hydrogen-bond acceptors (Lipinski definition) is 2. The van der Waals surface area contributed by atoms with Crippen molar-refractivity contribution in [1.82, 2.24) is 0 Å². The summed E-state index contributed by atoms with van der Waals surface area (Å²) in [6.45, 7) is 1.06. The van der Waals surface area contributed by atoms with Gasteiger partial charge in [-0.1, -0.05) is 12.1 Å². The Hall–Kier alpha value is -2.62. The minimum atomic E-state index is -8.71. The normalized spacial score (nSPS) is 15.1. The van der Waals surface area contributed by atoms with Crippen molar-refractivity contribution in [2.45, 2.75) is 78.5 Å². The molecule has 2 rings (SSSR count). The van der Waals surface area contributed by atoms with E-state index in [4.69, 9.17) is 18.6 Å². The Kier molecular flexibility index (Phi) is 14.5. The van der Waals surface area contributed by atoms with Crippen LogP contribution in [0.4, 0.5) is 120 Å². The van der Waals surface area contributed by atoms with Crippen LogP contribution in [0.15, 0.2) is 41.4 Å². The molecule has 1 N–H and O–H groups in total. The number of rotatable bonds is 12. The summed E-state index contributed by atoms with van der Waals surface area (Å²) in [5.74, 6) is -84.7. The fourth-order valence-electron chi connectivity index (χ4n) is 3.88. The zero-order valence-electron chi connectivity index (χ0n) is 26.0. The molecule has 0 saturated carbocycles. The van der Waals surface area contributed by atoms with Crippen LogP contribution in [0.5, 0.6) is 5.75 Å². The number of nitrogens with zero attached hydrogens (tertiary/aromatic N) is 1. The van der Waals surface area contributed by atoms with Crippen molar-refractivity contribution < 1.29 is 136 Å². The first-order chi connectivity index (χ1) is 24.9. The molecule has 2 nitrogen and oxygen atoms in total. The maximum absolute atomic E-state index is 15.0. The summed E-state index contributed by atoms with van der Waals surface area (Å²) in [5.41, 5.74) is -10.5. The second kappa shape index (κ2) is 15.8. The summed E-state index contributed by atoms with van der Waals surface area (Å²) in [4.78, 5) is 2.81. The van der Waals surface area contributed by atoms with Gasteiger partial charge in [0.25, 0.3) is 0 Å². The van der Waals surface area contributed by atoms with Gasteiger partial charge in [0.2, 0.25) is 0 Å². The first-order valence-electron chi connectivity index (χ1n) is 13.3. The molecule has 31 heteroatoms. The molecule has 0 radical (unpaired) electrons. The van der Waals surface area contributed by atoms with Gasteiger partial charge >= 0.3 is 107 Å². The Morgan fingerprint density at radius 1 is 0.491 bits per heavy atom. The number of benzene rings is 2. The Bertz CT molecular complexity index is 1680. The third-order valence-corrected chi connectivity index (χ3v) is 7.13. The standard InChI is InChI=1S/C26H11F26NO.2ClH.Ti/c1-9-3-2-4-10(14(9)54)8-53-13-6-11(15(27,28)17(31,32)19(35,36)21(39,40)23(43,44)25(47,48)49)5-12(7-13)16(29,30)18(33,34)20(37,38)22(41,42)24(45,46)26(50,51)52;;;/h2-8,54H,1H3;2*1H;/q;;;+2/p-2. The average Bonchev–Trinajstić information content (AvgIpc) is 3.03. The number of aromatic hydroxyl groups is 1. The van der Waals surface area contributed by atoms with Crippen LogP contribution < -0.4 is 0 Å². The molecule has 2 aromatic carbocycles. The van der Waals surface area contributed by atoms with Gasteiger partial charge < -0.3 is 5.11 Å². The van der Waals surface area contributed by atoms with Crippen LogP contribution in [-0.4, -0.2) is 71.1 Å². The van der Waals surface area contributed by atoms with Gasteiger partial charge in [0, 0.05) is 22.9 Å². The molecule has 0 atom stereocenters. The quantitative estimate of drug-likeness (QED) is 0.128. The zero-order valence-corrected chi connectivity index (χ0v) is 29.1. The number of halogens is 28. The van der Waals surface area contributed by atoms with Crippen LogP contribution in [0.3, 0.4) is 0 Å². The molecule has 0 aliphatic heterocycles. The molecule has 0 heterocycles. The molecular weight excluding hydrogens is 955 g/mol. The van der Waals surface area contributed by atoms with Crippen LogP contribution in [0.25, 0.3) is 0 Å². The molecule has 0 aliphatic carbocycles. The van der Waals surface area contributed by atoms with Gasteiger partial charge in [-0.05, 0) is 36.8 Å². The Morgan fingerprint density at radius 2 is 0.789 bits per heavy atom. The van der Waals surface area contributed by atoms with Crippen LogP contribution >= 0.6 is 18.6 Å². The predicted octanol–water partition coefficient (Wildman–Crippen LogP) is 13.2. The van der Waals surface area contributed by atoms with E-state index in [2.05, 4.69) is 4.99 Å². The van der Waals surface area contributed by atoms with Crippen molar-refractivity contribution in [2.24, 2.45) is 4.99 Å². The van der Waals surface area contributed by atoms with Crippen molar-refractivity contribution >= 4 is 30.5 Å². The number of hydrogen-bond donors (Lipinski definition) is 1. The number of phenols is 1. The van der Waals surface area contributed by atoms with Crippen molar-refractivity contribution in [1.29, 1.82) is 0 Å². The van der Waals surface area contributed by atoms with Crippen molar-refractivity contribution in [2.75, 3.05) is 0 Å². The van der Waals surface area contributed by atoms with E-state index in [1.807, 2.05) is 0 Å². The third-order valence-electron chi connectivity index (χ3n) is 7.13. The second-order valence-corrected chi connectivity index (χ2v) is 13.4. The number of phenolic OH excluding ortho intramolecular Hbond substituents is 1. The minimum absolute atomic E-state index is 0.00290. The van der Waals surface area contributed by atoms with E-state index >= 15 is 0 Å². The third kappa shape index (κ3) is 8.29. The van der Waals surface area contributed by atoms with Crippen molar-refractivity contribution in [3.05, 3.63) is 58.7 Å². The fraction of sp³-hybridized carbons (Fsp3) is 0.500. The average molecular weight is 966 g/mol. The molecule has 0 spiro atoms. The monoisotopic (exact) mass is 965 g/mol. The Morgan fingerprint density at radius 3 is 1.09 bits per heavy atom. The van der Waals surface area contributed by atoms with E-state index in [1.165, 1.54) is 0 Å². The van der Waals surface area contributed by atoms with E-state index in [0.29, 0.717) is 0 Å². The first kappa shape index (κ1) is 52.4. The fourth-order valence-corrected chi connectivity index (χ4v) is 3.88. The predicted molar refractivity (Wildman–Crippen MR) is 138 cm³/mol. The first-order valence-corrected chi connectivity index (χ1v) is 17.6. The summed E-state index contributed by atoms with van der Waals surface area (Å²) in [7, 11) is 9.78. The van der Waals surface area contributed by atoms with Gasteiger partial charge in [0.05, 0.1) is 5.69 Å².